The molecular weight excluding hydrogens is 1480 g/mol. The number of anilines is 3. The Balaban J connectivity index is 0.000000113. The molecule has 16 aromatic rings. The molecule has 4 fully saturated rings. The minimum absolute atomic E-state index is 0.0382. The summed E-state index contributed by atoms with van der Waals surface area (Å²) in [7, 11) is 10.1. The summed E-state index contributed by atoms with van der Waals surface area (Å²) in [6.45, 7) is 26.5. The number of nitrogens with zero attached hydrogens (tertiary/aromatic N) is 21. The number of piperazine rings is 2. The first-order chi connectivity index (χ1) is 57.0. The zero-order chi connectivity index (χ0) is 81.9. The summed E-state index contributed by atoms with van der Waals surface area (Å²) in [4.78, 5) is 87.2. The van der Waals surface area contributed by atoms with Crippen LogP contribution in [0.25, 0.3) is 106 Å². The number of nitrogens with one attached hydrogen (secondary N) is 2. The molecule has 0 unspecified atom stereocenters. The molecule has 27 nitrogen and oxygen atoms in total. The summed E-state index contributed by atoms with van der Waals surface area (Å²) in [5, 5.41) is 23.5. The molecule has 13 aromatic heterocycles. The number of likely N-dealkylation sites (tertiary alicyclic amines) is 1. The van der Waals surface area contributed by atoms with Crippen molar-refractivity contribution >= 4 is 77.9 Å². The number of hydrogen-bond acceptors (Lipinski definition) is 19. The smallest absolute Gasteiger partial charge is 0.258 e. The standard InChI is InChI=1S/2C23H26N6O.C23H25N5O.C22H24N6O/c1-15-9-17(10-18-13-27(4)25-23(15)18)20-11-22(30)29-14-19(5-6-21(29)24-20)28-8-7-26(3)16(2)12-28;1-3-19-21-11-17(14-28(21)13-16(2)25-19)20-12-23(30)29-15-18(5-6-22(29)26-20)27-9-4-7-24-8-10-27;1-15-10-18(11-19-13-27(3)25-23(15)19)20-12-22(29)28-14-17(4-5-21(28)24-20)16-6-8-26(2)9-7-16;1-14-8-16(9-17-12-26(3)25-22(14)17)19-10-21(29)28-13-18(4-5-20(28)24-19)27-7-6-23-15(2)11-27/h5-6,9-11,13-14,16H,7-8,12H2,1-4H3;5-6,11-15,24H,3-4,7-10H2,1-2H3;4-5,10-14,16H,6-9H2,1-3H3;4-5,8-10,12-13,15,23H,6-7,11H2,1-3H3/t16-;;;15-/m0..0/s1. The number of rotatable bonds is 9. The van der Waals surface area contributed by atoms with Gasteiger partial charge < -0.3 is 39.5 Å². The van der Waals surface area contributed by atoms with E-state index in [-0.39, 0.29) is 22.2 Å². The Morgan fingerprint density at radius 3 is 1.34 bits per heavy atom. The Hall–Kier alpha value is -12.6. The maximum absolute atomic E-state index is 13.0. The van der Waals surface area contributed by atoms with E-state index in [9.17, 15) is 19.2 Å². The van der Waals surface area contributed by atoms with Gasteiger partial charge in [0.2, 0.25) is 0 Å². The van der Waals surface area contributed by atoms with Crippen molar-refractivity contribution in [1.29, 1.82) is 0 Å². The van der Waals surface area contributed by atoms with Crippen LogP contribution in [0.15, 0.2) is 190 Å². The lowest BCUT2D eigenvalue weighted by Crippen LogP contribution is -2.50. The molecule has 17 heterocycles. The number of pyridine rings is 4. The van der Waals surface area contributed by atoms with Crippen LogP contribution in [0.1, 0.15) is 79.6 Å². The lowest BCUT2D eigenvalue weighted by Gasteiger charge is -2.39. The van der Waals surface area contributed by atoms with Gasteiger partial charge in [-0.1, -0.05) is 13.0 Å². The van der Waals surface area contributed by atoms with Gasteiger partial charge in [0.05, 0.1) is 73.3 Å². The summed E-state index contributed by atoms with van der Waals surface area (Å²) in [6, 6.07) is 37.9. The molecule has 0 amide bonds. The van der Waals surface area contributed by atoms with Gasteiger partial charge in [0.1, 0.15) is 22.6 Å². The zero-order valence-electron chi connectivity index (χ0n) is 69.2. The minimum atomic E-state index is -0.0704. The molecule has 27 heteroatoms. The fourth-order valence-corrected chi connectivity index (χ4v) is 17.1. The van der Waals surface area contributed by atoms with Crippen LogP contribution in [0.4, 0.5) is 17.1 Å². The van der Waals surface area contributed by atoms with Crippen molar-refractivity contribution < 1.29 is 0 Å². The lowest BCUT2D eigenvalue weighted by atomic mass is 9.91. The van der Waals surface area contributed by atoms with E-state index in [0.29, 0.717) is 63.4 Å². The highest BCUT2D eigenvalue weighted by Gasteiger charge is 2.25. The van der Waals surface area contributed by atoms with Crippen molar-refractivity contribution in [2.75, 3.05) is 107 Å². The molecule has 0 bridgehead atoms. The fourth-order valence-electron chi connectivity index (χ4n) is 17.1. The van der Waals surface area contributed by atoms with Crippen LogP contribution < -0.4 is 47.6 Å². The Morgan fingerprint density at radius 1 is 0.415 bits per heavy atom. The van der Waals surface area contributed by atoms with Crippen LogP contribution in [0.3, 0.4) is 0 Å². The maximum Gasteiger partial charge on any atom is 0.258 e. The third-order valence-corrected chi connectivity index (χ3v) is 23.6. The van der Waals surface area contributed by atoms with Crippen LogP contribution in [-0.4, -0.2) is 191 Å². The maximum atomic E-state index is 13.0. The van der Waals surface area contributed by atoms with Gasteiger partial charge >= 0.3 is 0 Å². The van der Waals surface area contributed by atoms with Crippen LogP contribution in [0.5, 0.6) is 0 Å². The van der Waals surface area contributed by atoms with Crippen molar-refractivity contribution in [2.24, 2.45) is 21.1 Å². The summed E-state index contributed by atoms with van der Waals surface area (Å²) >= 11 is 0. The number of hydrogen-bond donors (Lipinski definition) is 2. The first-order valence-electron chi connectivity index (χ1n) is 41.0. The summed E-state index contributed by atoms with van der Waals surface area (Å²) in [5.41, 5.74) is 22.6. The Morgan fingerprint density at radius 2 is 0.864 bits per heavy atom. The van der Waals surface area contributed by atoms with Crippen LogP contribution in [-0.2, 0) is 27.6 Å². The highest BCUT2D eigenvalue weighted by Crippen LogP contribution is 2.33. The summed E-state index contributed by atoms with van der Waals surface area (Å²) in [5.74, 6) is 0.512. The van der Waals surface area contributed by atoms with Crippen LogP contribution in [0.2, 0.25) is 0 Å². The molecule has 0 radical (unpaired) electrons. The van der Waals surface area contributed by atoms with Crippen molar-refractivity contribution in [1.82, 2.24) is 96.7 Å². The van der Waals surface area contributed by atoms with Crippen molar-refractivity contribution in [3.63, 3.8) is 0 Å². The molecule has 0 aliphatic carbocycles. The molecule has 0 spiro atoms. The Labute approximate surface area is 682 Å². The number of benzene rings is 3. The van der Waals surface area contributed by atoms with Gasteiger partial charge in [-0.25, -0.2) is 19.9 Å². The number of aromatic nitrogens is 16. The third-order valence-electron chi connectivity index (χ3n) is 23.6. The Kier molecular flexibility index (Phi) is 21.5. The largest absolute Gasteiger partial charge is 0.369 e. The molecular formula is C91H101N23O4. The van der Waals surface area contributed by atoms with E-state index >= 15 is 0 Å². The van der Waals surface area contributed by atoms with E-state index in [4.69, 9.17) is 19.9 Å². The second kappa shape index (κ2) is 32.5. The van der Waals surface area contributed by atoms with Gasteiger partial charge in [0, 0.05) is 211 Å². The highest BCUT2D eigenvalue weighted by molar-refractivity contribution is 5.89. The van der Waals surface area contributed by atoms with Gasteiger partial charge in [-0.3, -0.25) is 55.8 Å². The predicted molar refractivity (Wildman–Crippen MR) is 471 cm³/mol. The Bertz CT molecular complexity index is 6780. The van der Waals surface area contributed by atoms with E-state index in [2.05, 4.69) is 137 Å². The quantitative estimate of drug-likeness (QED) is 0.136. The van der Waals surface area contributed by atoms with Crippen LogP contribution >= 0.6 is 0 Å². The number of aryl methyl sites for hydroxylation is 8. The molecule has 2 atom stereocenters. The highest BCUT2D eigenvalue weighted by atomic mass is 16.1. The summed E-state index contributed by atoms with van der Waals surface area (Å²) in [6.07, 6.45) is 21.9. The SMILES string of the molecule is CCc1nc(C)cn2cc(-c3cc(=O)n4cc(N5CCCNCC5)ccc4n3)cc12.Cc1cc(-c2cc(=O)n3cc(C4CCN(C)CC4)ccc3n2)cc2cn(C)nc12.Cc1cc(-c2cc(=O)n3cc(N4CCN(C)[C@@H](C)C4)ccc3n2)cc2cn(C)nc12.Cc1cc(-c2cc(=O)n3cc(N4CCN[C@@H](C)C4)ccc3n2)cc2cn(C)nc12. The lowest BCUT2D eigenvalue weighted by molar-refractivity contribution is 0.234. The van der Waals surface area contributed by atoms with Gasteiger partial charge in [-0.2, -0.15) is 15.3 Å². The topological polar surface area (TPSA) is 248 Å². The fraction of sp³-hybridized carbons (Fsp3) is 0.341. The second-order valence-corrected chi connectivity index (χ2v) is 32.5. The molecule has 20 rings (SSSR count). The van der Waals surface area contributed by atoms with Gasteiger partial charge in [-0.15, -0.1) is 0 Å². The molecule has 2 N–H and O–H groups in total. The number of fused-ring (bicyclic) bond motifs is 8. The van der Waals surface area contributed by atoms with Crippen molar-refractivity contribution in [3.05, 3.63) is 246 Å². The van der Waals surface area contributed by atoms with Crippen molar-refractivity contribution in [3.8, 4) is 45.0 Å². The zero-order valence-corrected chi connectivity index (χ0v) is 69.2. The molecule has 4 saturated heterocycles. The molecule has 118 heavy (non-hydrogen) atoms. The first-order valence-corrected chi connectivity index (χ1v) is 41.0. The van der Waals surface area contributed by atoms with E-state index in [1.54, 1.807) is 41.9 Å². The van der Waals surface area contributed by atoms with E-state index < -0.39 is 0 Å². The summed E-state index contributed by atoms with van der Waals surface area (Å²) < 4.78 is 14.1. The van der Waals surface area contributed by atoms with E-state index in [1.165, 1.54) is 5.56 Å². The van der Waals surface area contributed by atoms with Gasteiger partial charge in [-0.05, 0) is 214 Å². The number of likely N-dealkylation sites (N-methyl/N-ethyl adjacent to an activating group) is 1. The predicted octanol–water partition coefficient (Wildman–Crippen LogP) is 11.1. The molecule has 604 valence electrons. The third kappa shape index (κ3) is 16.1. The minimum Gasteiger partial charge on any atom is -0.369 e. The van der Waals surface area contributed by atoms with Gasteiger partial charge in [0.25, 0.3) is 22.2 Å². The first kappa shape index (κ1) is 78.0. The van der Waals surface area contributed by atoms with E-state index in [1.807, 2.05) is 167 Å². The van der Waals surface area contributed by atoms with Crippen molar-refractivity contribution in [2.45, 2.75) is 92.2 Å². The van der Waals surface area contributed by atoms with Gasteiger partial charge in [0.15, 0.2) is 0 Å². The molecule has 4 aliphatic rings. The molecule has 3 aromatic carbocycles. The normalized spacial score (nSPS) is 16.6. The average molecular weight is 1580 g/mol. The van der Waals surface area contributed by atoms with Crippen LogP contribution in [0, 0.1) is 27.7 Å². The number of piperidine rings is 1. The molecule has 0 saturated carbocycles. The second-order valence-electron chi connectivity index (χ2n) is 32.5. The average Bonchev–Trinajstić information content (AvgIpc) is 1.80. The van der Waals surface area contributed by atoms with E-state index in [0.717, 1.165) is 210 Å². The monoisotopic (exact) mass is 1580 g/mol. The molecule has 4 aliphatic heterocycles.